The van der Waals surface area contributed by atoms with Gasteiger partial charge in [-0.2, -0.15) is 0 Å². The van der Waals surface area contributed by atoms with Crippen LogP contribution in [0.15, 0.2) is 24.5 Å². The van der Waals surface area contributed by atoms with Gasteiger partial charge in [0.1, 0.15) is 5.69 Å². The van der Waals surface area contributed by atoms with E-state index in [9.17, 15) is 0 Å². The second-order valence-corrected chi connectivity index (χ2v) is 8.36. The number of hydrogen-bond acceptors (Lipinski definition) is 2. The number of halogens is 2. The van der Waals surface area contributed by atoms with Crippen LogP contribution in [0.4, 0.5) is 0 Å². The molecule has 0 amide bonds. The summed E-state index contributed by atoms with van der Waals surface area (Å²) >= 11 is 12.9. The fraction of sp³-hybridized carbons (Fsp3) is 0.444. The molecular formula is C18H22Cl2N2Ni. The molecule has 0 aliphatic carbocycles. The van der Waals surface area contributed by atoms with Crippen molar-refractivity contribution in [3.05, 3.63) is 45.7 Å². The minimum Gasteiger partial charge on any atom is -0.255 e. The first-order valence-electron chi connectivity index (χ1n) is 7.33. The quantitative estimate of drug-likeness (QED) is 0.550. The molecular weight excluding hydrogens is 374 g/mol. The Morgan fingerprint density at radius 1 is 0.913 bits per heavy atom. The van der Waals surface area contributed by atoms with Crippen LogP contribution in [0.2, 0.25) is 10.0 Å². The third kappa shape index (κ3) is 4.47. The van der Waals surface area contributed by atoms with Crippen molar-refractivity contribution >= 4 is 23.2 Å². The van der Waals surface area contributed by atoms with Crippen LogP contribution < -0.4 is 0 Å². The first kappa shape index (κ1) is 20.4. The maximum atomic E-state index is 6.61. The van der Waals surface area contributed by atoms with Gasteiger partial charge in [0, 0.05) is 28.9 Å². The van der Waals surface area contributed by atoms with Crippen LogP contribution in [0.1, 0.15) is 52.7 Å². The molecule has 0 fully saturated rings. The van der Waals surface area contributed by atoms with Gasteiger partial charge in [-0.15, -0.1) is 0 Å². The smallest absolute Gasteiger partial charge is 0.108 e. The zero-order valence-electron chi connectivity index (χ0n) is 14.3. The Balaban J connectivity index is 0.00000264. The number of rotatable bonds is 1. The van der Waals surface area contributed by atoms with Crippen molar-refractivity contribution in [3.63, 3.8) is 0 Å². The van der Waals surface area contributed by atoms with Crippen molar-refractivity contribution in [1.82, 2.24) is 9.97 Å². The van der Waals surface area contributed by atoms with Gasteiger partial charge >= 0.3 is 0 Å². The van der Waals surface area contributed by atoms with E-state index in [0.717, 1.165) is 11.3 Å². The summed E-state index contributed by atoms with van der Waals surface area (Å²) in [4.78, 5) is 8.87. The molecule has 128 valence electrons. The molecule has 0 aliphatic rings. The Bertz CT molecular complexity index is 701. The summed E-state index contributed by atoms with van der Waals surface area (Å²) in [6.07, 6.45) is 3.47. The van der Waals surface area contributed by atoms with Gasteiger partial charge < -0.3 is 0 Å². The molecule has 23 heavy (non-hydrogen) atoms. The van der Waals surface area contributed by atoms with Crippen LogP contribution in [0.5, 0.6) is 0 Å². The standard InChI is InChI=1S/C18H22Cl2N2.Ni/c1-17(2,3)11-7-8-21-13(9-11)16-15(20)14(18(4,5)6)12(19)10-22-16;/h7-10H,1-6H3;. The number of pyridine rings is 2. The molecule has 0 aromatic carbocycles. The van der Waals surface area contributed by atoms with Crippen LogP contribution in [-0.2, 0) is 27.3 Å². The molecule has 0 saturated carbocycles. The van der Waals surface area contributed by atoms with E-state index >= 15 is 0 Å². The Morgan fingerprint density at radius 2 is 1.52 bits per heavy atom. The van der Waals surface area contributed by atoms with Crippen molar-refractivity contribution in [1.29, 1.82) is 0 Å². The van der Waals surface area contributed by atoms with Gasteiger partial charge in [0.05, 0.1) is 15.7 Å². The van der Waals surface area contributed by atoms with Crippen LogP contribution in [0, 0.1) is 0 Å². The summed E-state index contributed by atoms with van der Waals surface area (Å²) in [6.45, 7) is 12.8. The fourth-order valence-electron chi connectivity index (χ4n) is 2.36. The average molecular weight is 396 g/mol. The van der Waals surface area contributed by atoms with Gasteiger partial charge in [-0.25, -0.2) is 0 Å². The van der Waals surface area contributed by atoms with Crippen molar-refractivity contribution in [3.8, 4) is 11.4 Å². The number of nitrogens with zero attached hydrogens (tertiary/aromatic N) is 2. The summed E-state index contributed by atoms with van der Waals surface area (Å²) in [5, 5.41) is 1.17. The van der Waals surface area contributed by atoms with Gasteiger partial charge in [0.15, 0.2) is 0 Å². The average Bonchev–Trinajstić information content (AvgIpc) is 2.36. The monoisotopic (exact) mass is 394 g/mol. The van der Waals surface area contributed by atoms with Gasteiger partial charge in [-0.3, -0.25) is 9.97 Å². The zero-order chi connectivity index (χ0) is 16.7. The Hall–Kier alpha value is -0.626. The molecule has 5 heteroatoms. The van der Waals surface area contributed by atoms with E-state index in [-0.39, 0.29) is 27.3 Å². The van der Waals surface area contributed by atoms with Crippen LogP contribution in [0.3, 0.4) is 0 Å². The van der Waals surface area contributed by atoms with Crippen molar-refractivity contribution < 1.29 is 16.5 Å². The molecule has 0 aliphatic heterocycles. The third-order valence-corrected chi connectivity index (χ3v) is 4.25. The molecule has 0 radical (unpaired) electrons. The number of hydrogen-bond donors (Lipinski definition) is 0. The molecule has 0 bridgehead atoms. The molecule has 0 saturated heterocycles. The predicted octanol–water partition coefficient (Wildman–Crippen LogP) is 6.04. The van der Waals surface area contributed by atoms with Crippen molar-refractivity contribution in [2.24, 2.45) is 0 Å². The van der Waals surface area contributed by atoms with E-state index in [1.807, 2.05) is 6.07 Å². The summed E-state index contributed by atoms with van der Waals surface area (Å²) in [5.74, 6) is 0. The van der Waals surface area contributed by atoms with Gasteiger partial charge in [-0.05, 0) is 34.1 Å². The maximum absolute atomic E-state index is 6.61. The topological polar surface area (TPSA) is 25.8 Å². The summed E-state index contributed by atoms with van der Waals surface area (Å²) < 4.78 is 0. The van der Waals surface area contributed by atoms with Crippen LogP contribution in [-0.4, -0.2) is 9.97 Å². The first-order valence-corrected chi connectivity index (χ1v) is 8.09. The van der Waals surface area contributed by atoms with Crippen molar-refractivity contribution in [2.75, 3.05) is 0 Å². The SMILES string of the molecule is CC(C)(C)c1ccnc(-c2ncc(Cl)c(C(C)(C)C)c2Cl)c1.[Ni]. The predicted molar refractivity (Wildman–Crippen MR) is 94.9 cm³/mol. The summed E-state index contributed by atoms with van der Waals surface area (Å²) in [5.41, 5.74) is 3.45. The summed E-state index contributed by atoms with van der Waals surface area (Å²) in [6, 6.07) is 4.08. The molecule has 2 heterocycles. The van der Waals surface area contributed by atoms with Gasteiger partial charge in [0.2, 0.25) is 0 Å². The minimum atomic E-state index is -0.159. The molecule has 0 unspecified atom stereocenters. The third-order valence-electron chi connectivity index (χ3n) is 3.59. The summed E-state index contributed by atoms with van der Waals surface area (Å²) in [7, 11) is 0. The van der Waals surface area contributed by atoms with Crippen molar-refractivity contribution in [2.45, 2.75) is 52.4 Å². The maximum Gasteiger partial charge on any atom is 0.108 e. The van der Waals surface area contributed by atoms with Gasteiger partial charge in [0.25, 0.3) is 0 Å². The van der Waals surface area contributed by atoms with E-state index in [1.54, 1.807) is 12.4 Å². The molecule has 2 aromatic heterocycles. The molecule has 2 aromatic rings. The largest absolute Gasteiger partial charge is 0.255 e. The molecule has 0 spiro atoms. The number of aromatic nitrogens is 2. The molecule has 0 N–H and O–H groups in total. The first-order chi connectivity index (χ1) is 10.0. The van der Waals surface area contributed by atoms with E-state index < -0.39 is 0 Å². The minimum absolute atomic E-state index is 0. The Kier molecular flexibility index (Phi) is 6.29. The van der Waals surface area contributed by atoms with E-state index in [2.05, 4.69) is 57.6 Å². The van der Waals surface area contributed by atoms with Crippen LogP contribution in [0.25, 0.3) is 11.4 Å². The zero-order valence-corrected chi connectivity index (χ0v) is 16.8. The van der Waals surface area contributed by atoms with E-state index in [0.29, 0.717) is 15.7 Å². The second kappa shape index (κ2) is 7.09. The Labute approximate surface area is 159 Å². The second-order valence-electron chi connectivity index (χ2n) is 7.57. The normalized spacial score (nSPS) is 12.0. The van der Waals surface area contributed by atoms with E-state index in [4.69, 9.17) is 23.2 Å². The van der Waals surface area contributed by atoms with E-state index in [1.165, 1.54) is 5.56 Å². The van der Waals surface area contributed by atoms with Gasteiger partial charge in [-0.1, -0.05) is 64.7 Å². The molecule has 2 nitrogen and oxygen atoms in total. The molecule has 0 atom stereocenters. The molecule has 2 rings (SSSR count). The Morgan fingerprint density at radius 3 is 2.04 bits per heavy atom. The fourth-order valence-corrected chi connectivity index (χ4v) is 3.36. The van der Waals surface area contributed by atoms with Crippen LogP contribution >= 0.6 is 23.2 Å².